The van der Waals surface area contributed by atoms with E-state index in [0.29, 0.717) is 27.6 Å². The second-order valence-corrected chi connectivity index (χ2v) is 4.74. The molecule has 19 heavy (non-hydrogen) atoms. The van der Waals surface area contributed by atoms with Crippen LogP contribution in [0, 0.1) is 0 Å². The van der Waals surface area contributed by atoms with Crippen LogP contribution in [0.1, 0.15) is 5.69 Å². The Kier molecular flexibility index (Phi) is 2.90. The molecule has 0 fully saturated rings. The van der Waals surface area contributed by atoms with E-state index < -0.39 is 5.97 Å². The Hall–Kier alpha value is -2.02. The van der Waals surface area contributed by atoms with E-state index in [1.54, 1.807) is 12.1 Å². The molecule has 98 valence electrons. The molecule has 0 saturated carbocycles. The lowest BCUT2D eigenvalue weighted by Crippen LogP contribution is -2.00. The van der Waals surface area contributed by atoms with Crippen LogP contribution in [0.4, 0.5) is 0 Å². The largest absolute Gasteiger partial charge is 0.481 e. The number of aromatic nitrogens is 2. The lowest BCUT2D eigenvalue weighted by Gasteiger charge is -1.99. The van der Waals surface area contributed by atoms with Crippen LogP contribution in [0.15, 0.2) is 22.8 Å². The quantitative estimate of drug-likeness (QED) is 0.904. The Morgan fingerprint density at radius 1 is 1.42 bits per heavy atom. The van der Waals surface area contributed by atoms with E-state index in [4.69, 9.17) is 14.6 Å². The molecule has 3 rings (SSSR count). The molecule has 1 aliphatic heterocycles. The number of rotatable bonds is 3. The molecule has 1 aromatic carbocycles. The number of hydrogen-bond donors (Lipinski definition) is 2. The van der Waals surface area contributed by atoms with Crippen LogP contribution in [-0.4, -0.2) is 27.8 Å². The predicted molar refractivity (Wildman–Crippen MR) is 69.2 cm³/mol. The molecule has 2 N–H and O–H groups in total. The number of fused-ring (bicyclic) bond motifs is 1. The van der Waals surface area contributed by atoms with Gasteiger partial charge in [-0.05, 0) is 34.1 Å². The Morgan fingerprint density at radius 3 is 3.00 bits per heavy atom. The normalized spacial score (nSPS) is 12.7. The molecule has 0 amide bonds. The Morgan fingerprint density at radius 2 is 2.21 bits per heavy atom. The maximum Gasteiger partial charge on any atom is 0.309 e. The third-order valence-corrected chi connectivity index (χ3v) is 3.36. The summed E-state index contributed by atoms with van der Waals surface area (Å²) in [5.74, 6) is 1.02. The second-order valence-electron chi connectivity index (χ2n) is 3.99. The van der Waals surface area contributed by atoms with Gasteiger partial charge in [0.05, 0.1) is 12.1 Å². The number of carbonyl (C=O) groups is 1. The van der Waals surface area contributed by atoms with E-state index in [1.165, 1.54) is 0 Å². The molecule has 2 heterocycles. The highest BCUT2D eigenvalue weighted by Crippen LogP contribution is 2.35. The monoisotopic (exact) mass is 324 g/mol. The van der Waals surface area contributed by atoms with Gasteiger partial charge in [0, 0.05) is 5.56 Å². The van der Waals surface area contributed by atoms with Crippen molar-refractivity contribution in [1.82, 2.24) is 9.97 Å². The van der Waals surface area contributed by atoms with Gasteiger partial charge in [0.2, 0.25) is 6.79 Å². The lowest BCUT2D eigenvalue weighted by molar-refractivity contribution is -0.136. The smallest absolute Gasteiger partial charge is 0.309 e. The van der Waals surface area contributed by atoms with Crippen molar-refractivity contribution in [3.8, 4) is 22.9 Å². The van der Waals surface area contributed by atoms with Gasteiger partial charge in [-0.1, -0.05) is 0 Å². The molecule has 1 aliphatic rings. The molecular weight excluding hydrogens is 316 g/mol. The van der Waals surface area contributed by atoms with Crippen LogP contribution >= 0.6 is 15.9 Å². The predicted octanol–water partition coefficient (Wildman–Crippen LogP) is 2.20. The number of imidazole rings is 1. The third kappa shape index (κ3) is 2.28. The summed E-state index contributed by atoms with van der Waals surface area (Å²) in [4.78, 5) is 18.0. The highest BCUT2D eigenvalue weighted by molar-refractivity contribution is 9.10. The van der Waals surface area contributed by atoms with Gasteiger partial charge in [-0.15, -0.1) is 0 Å². The Balaban J connectivity index is 1.96. The van der Waals surface area contributed by atoms with Crippen LogP contribution in [0.2, 0.25) is 0 Å². The Bertz CT molecular complexity index is 653. The molecule has 0 unspecified atom stereocenters. The van der Waals surface area contributed by atoms with Gasteiger partial charge >= 0.3 is 5.97 Å². The molecule has 0 saturated heterocycles. The number of carboxylic acids is 1. The van der Waals surface area contributed by atoms with Gasteiger partial charge in [-0.3, -0.25) is 4.79 Å². The summed E-state index contributed by atoms with van der Waals surface area (Å²) >= 11 is 3.24. The number of aliphatic carboxylic acids is 1. The zero-order valence-corrected chi connectivity index (χ0v) is 11.2. The maximum absolute atomic E-state index is 10.7. The van der Waals surface area contributed by atoms with Crippen molar-refractivity contribution in [2.45, 2.75) is 6.42 Å². The molecule has 0 atom stereocenters. The van der Waals surface area contributed by atoms with Crippen LogP contribution in [-0.2, 0) is 11.2 Å². The lowest BCUT2D eigenvalue weighted by atomic mass is 10.2. The summed E-state index contributed by atoms with van der Waals surface area (Å²) in [5, 5.41) is 8.79. The van der Waals surface area contributed by atoms with Crippen molar-refractivity contribution >= 4 is 21.9 Å². The summed E-state index contributed by atoms with van der Waals surface area (Å²) in [6, 6.07) is 5.44. The van der Waals surface area contributed by atoms with E-state index in [2.05, 4.69) is 25.9 Å². The second kappa shape index (κ2) is 4.58. The van der Waals surface area contributed by atoms with Gasteiger partial charge in [0.25, 0.3) is 0 Å². The van der Waals surface area contributed by atoms with Crippen molar-refractivity contribution in [2.24, 2.45) is 0 Å². The first-order valence-corrected chi connectivity index (χ1v) is 6.29. The van der Waals surface area contributed by atoms with Crippen molar-refractivity contribution in [3.05, 3.63) is 28.5 Å². The van der Waals surface area contributed by atoms with E-state index in [0.717, 1.165) is 5.56 Å². The standard InChI is InChI=1S/C12H9BrN2O4/c13-11-7(4-10(16)17)14-12(15-11)6-1-2-8-9(3-6)19-5-18-8/h1-3H,4-5H2,(H,14,15)(H,16,17). The molecule has 1 aromatic heterocycles. The van der Waals surface area contributed by atoms with Gasteiger partial charge in [0.15, 0.2) is 11.5 Å². The van der Waals surface area contributed by atoms with Gasteiger partial charge in [-0.2, -0.15) is 0 Å². The molecule has 0 aliphatic carbocycles. The molecular formula is C12H9BrN2O4. The van der Waals surface area contributed by atoms with E-state index >= 15 is 0 Å². The fraction of sp³-hybridized carbons (Fsp3) is 0.167. The molecule has 0 radical (unpaired) electrons. The highest BCUT2D eigenvalue weighted by atomic mass is 79.9. The molecule has 7 heteroatoms. The van der Waals surface area contributed by atoms with Crippen LogP contribution in [0.25, 0.3) is 11.4 Å². The minimum absolute atomic E-state index is 0.113. The van der Waals surface area contributed by atoms with E-state index in [9.17, 15) is 4.79 Å². The molecule has 6 nitrogen and oxygen atoms in total. The SMILES string of the molecule is O=C(O)Cc1[nH]c(-c2ccc3c(c2)OCO3)nc1Br. The fourth-order valence-electron chi connectivity index (χ4n) is 1.84. The van der Waals surface area contributed by atoms with Crippen LogP contribution < -0.4 is 9.47 Å². The number of carboxylic acid groups (broad SMARTS) is 1. The number of aromatic amines is 1. The first-order chi connectivity index (χ1) is 9.13. The maximum atomic E-state index is 10.7. The van der Waals surface area contributed by atoms with Crippen molar-refractivity contribution in [2.75, 3.05) is 6.79 Å². The average Bonchev–Trinajstić information content (AvgIpc) is 2.95. The zero-order valence-electron chi connectivity index (χ0n) is 9.64. The van der Waals surface area contributed by atoms with Crippen LogP contribution in [0.5, 0.6) is 11.5 Å². The van der Waals surface area contributed by atoms with Gasteiger partial charge < -0.3 is 19.6 Å². The summed E-state index contributed by atoms with van der Waals surface area (Å²) in [7, 11) is 0. The van der Waals surface area contributed by atoms with Gasteiger partial charge in [-0.25, -0.2) is 4.98 Å². The summed E-state index contributed by atoms with van der Waals surface area (Å²) in [6.07, 6.45) is -0.113. The summed E-state index contributed by atoms with van der Waals surface area (Å²) in [6.45, 7) is 0.213. The Labute approximate surface area is 116 Å². The average molecular weight is 325 g/mol. The third-order valence-electron chi connectivity index (χ3n) is 2.70. The number of benzene rings is 1. The van der Waals surface area contributed by atoms with E-state index in [-0.39, 0.29) is 13.2 Å². The van der Waals surface area contributed by atoms with E-state index in [1.807, 2.05) is 6.07 Å². The minimum atomic E-state index is -0.915. The number of nitrogens with one attached hydrogen (secondary N) is 1. The fourth-order valence-corrected chi connectivity index (χ4v) is 2.25. The first kappa shape index (κ1) is 12.0. The van der Waals surface area contributed by atoms with Crippen LogP contribution in [0.3, 0.4) is 0 Å². The number of halogens is 1. The van der Waals surface area contributed by atoms with Crippen molar-refractivity contribution in [3.63, 3.8) is 0 Å². The molecule has 2 aromatic rings. The minimum Gasteiger partial charge on any atom is -0.481 e. The molecule has 0 bridgehead atoms. The topological polar surface area (TPSA) is 84.4 Å². The first-order valence-electron chi connectivity index (χ1n) is 5.49. The number of nitrogens with zero attached hydrogens (tertiary/aromatic N) is 1. The number of ether oxygens (including phenoxy) is 2. The highest BCUT2D eigenvalue weighted by Gasteiger charge is 2.17. The molecule has 0 spiro atoms. The van der Waals surface area contributed by atoms with Gasteiger partial charge in [0.1, 0.15) is 10.4 Å². The van der Waals surface area contributed by atoms with Crippen molar-refractivity contribution < 1.29 is 19.4 Å². The number of H-pyrrole nitrogens is 1. The zero-order chi connectivity index (χ0) is 13.4. The number of hydrogen-bond acceptors (Lipinski definition) is 4. The summed E-state index contributed by atoms with van der Waals surface area (Å²) < 4.78 is 11.0. The summed E-state index contributed by atoms with van der Waals surface area (Å²) in [5.41, 5.74) is 1.33. The van der Waals surface area contributed by atoms with Crippen molar-refractivity contribution in [1.29, 1.82) is 0 Å².